The quantitative estimate of drug-likeness (QED) is 0.618. The highest BCUT2D eigenvalue weighted by molar-refractivity contribution is 6.15. The van der Waals surface area contributed by atoms with Gasteiger partial charge >= 0.3 is 0 Å². The Morgan fingerprint density at radius 1 is 1.17 bits per heavy atom. The van der Waals surface area contributed by atoms with Crippen LogP contribution < -0.4 is 4.90 Å². The van der Waals surface area contributed by atoms with Gasteiger partial charge in [0.1, 0.15) is 11.6 Å². The van der Waals surface area contributed by atoms with Crippen molar-refractivity contribution in [1.29, 1.82) is 0 Å². The lowest BCUT2D eigenvalue weighted by atomic mass is 9.95. The van der Waals surface area contributed by atoms with Crippen LogP contribution in [0.4, 0.5) is 4.39 Å². The van der Waals surface area contributed by atoms with Crippen LogP contribution >= 0.6 is 0 Å². The van der Waals surface area contributed by atoms with E-state index < -0.39 is 29.3 Å². The number of benzene rings is 1. The van der Waals surface area contributed by atoms with E-state index in [1.54, 1.807) is 13.0 Å². The van der Waals surface area contributed by atoms with Gasteiger partial charge in [0.15, 0.2) is 11.5 Å². The van der Waals surface area contributed by atoms with E-state index in [1.807, 2.05) is 0 Å². The smallest absolute Gasteiger partial charge is 0.290 e. The fraction of sp³-hybridized carbons (Fsp3) is 0.391. The van der Waals surface area contributed by atoms with Gasteiger partial charge < -0.3 is 19.3 Å². The SMILES string of the molecule is CC[NH+](CC)CCCN1C(=O)C(O)=C(C(=O)c2ccc(C)o2)[C@H]1c1ccc(F)cc1. The molecule has 0 radical (unpaired) electrons. The molecule has 1 aliphatic rings. The molecular formula is C23H28FN2O4+. The molecule has 0 spiro atoms. The second-order valence-electron chi connectivity index (χ2n) is 7.51. The Balaban J connectivity index is 1.94. The number of nitrogens with zero attached hydrogens (tertiary/aromatic N) is 1. The van der Waals surface area contributed by atoms with Gasteiger partial charge in [0.25, 0.3) is 5.91 Å². The molecule has 2 N–H and O–H groups in total. The van der Waals surface area contributed by atoms with Crippen LogP contribution in [0, 0.1) is 12.7 Å². The number of amides is 1. The molecule has 0 saturated carbocycles. The molecule has 6 nitrogen and oxygen atoms in total. The molecule has 1 aliphatic heterocycles. The second-order valence-corrected chi connectivity index (χ2v) is 7.51. The largest absolute Gasteiger partial charge is 0.503 e. The van der Waals surface area contributed by atoms with Gasteiger partial charge in [0, 0.05) is 13.0 Å². The van der Waals surface area contributed by atoms with Gasteiger partial charge in [-0.1, -0.05) is 12.1 Å². The van der Waals surface area contributed by atoms with E-state index in [2.05, 4.69) is 13.8 Å². The molecule has 1 amide bonds. The van der Waals surface area contributed by atoms with Gasteiger partial charge in [-0.25, -0.2) is 4.39 Å². The van der Waals surface area contributed by atoms with Crippen LogP contribution in [-0.2, 0) is 4.79 Å². The molecule has 0 saturated heterocycles. The number of aliphatic hydroxyl groups excluding tert-OH is 1. The zero-order valence-corrected chi connectivity index (χ0v) is 17.6. The summed E-state index contributed by atoms with van der Waals surface area (Å²) >= 11 is 0. The third-order valence-electron chi connectivity index (χ3n) is 5.63. The number of aliphatic hydroxyl groups is 1. The molecule has 30 heavy (non-hydrogen) atoms. The first-order valence-electron chi connectivity index (χ1n) is 10.3. The number of quaternary nitrogens is 1. The fourth-order valence-corrected chi connectivity index (χ4v) is 3.90. The third kappa shape index (κ3) is 4.31. The maximum atomic E-state index is 13.5. The van der Waals surface area contributed by atoms with Crippen LogP contribution in [0.3, 0.4) is 0 Å². The molecule has 0 fully saturated rings. The lowest BCUT2D eigenvalue weighted by Gasteiger charge is -2.27. The first-order chi connectivity index (χ1) is 14.4. The Labute approximate surface area is 175 Å². The number of furan rings is 1. The highest BCUT2D eigenvalue weighted by Crippen LogP contribution is 2.39. The molecule has 0 unspecified atom stereocenters. The number of hydrogen-bond donors (Lipinski definition) is 2. The van der Waals surface area contributed by atoms with Crippen molar-refractivity contribution in [3.63, 3.8) is 0 Å². The predicted molar refractivity (Wildman–Crippen MR) is 110 cm³/mol. The summed E-state index contributed by atoms with van der Waals surface area (Å²) in [6.07, 6.45) is 0.717. The van der Waals surface area contributed by atoms with Crippen molar-refractivity contribution in [3.05, 3.63) is 70.6 Å². The Kier molecular flexibility index (Phi) is 6.72. The highest BCUT2D eigenvalue weighted by Gasteiger charge is 2.44. The minimum atomic E-state index is -0.789. The monoisotopic (exact) mass is 415 g/mol. The fourth-order valence-electron chi connectivity index (χ4n) is 3.90. The number of nitrogens with one attached hydrogen (secondary N) is 1. The van der Waals surface area contributed by atoms with E-state index in [9.17, 15) is 19.1 Å². The molecule has 7 heteroatoms. The number of rotatable bonds is 9. The standard InChI is InChI=1S/C23H27FN2O4/c1-4-25(5-2)13-6-14-26-20(16-8-10-17(24)11-9-16)19(22(28)23(26)29)21(27)18-12-7-15(3)30-18/h7-12,20,28H,4-6,13-14H2,1-3H3/p+1/t20-/m1/s1. The summed E-state index contributed by atoms with van der Waals surface area (Å²) in [5.74, 6) is -1.50. The minimum Gasteiger partial charge on any atom is -0.503 e. The maximum absolute atomic E-state index is 13.5. The zero-order chi connectivity index (χ0) is 21.8. The molecular weight excluding hydrogens is 387 g/mol. The topological polar surface area (TPSA) is 75.2 Å². The maximum Gasteiger partial charge on any atom is 0.290 e. The average Bonchev–Trinajstić information content (AvgIpc) is 3.28. The first-order valence-corrected chi connectivity index (χ1v) is 10.3. The van der Waals surface area contributed by atoms with E-state index in [-0.39, 0.29) is 11.3 Å². The summed E-state index contributed by atoms with van der Waals surface area (Å²) in [6, 6.07) is 8.03. The molecule has 3 rings (SSSR count). The van der Waals surface area contributed by atoms with Crippen molar-refractivity contribution < 1.29 is 28.4 Å². The third-order valence-corrected chi connectivity index (χ3v) is 5.63. The molecule has 1 atom stereocenters. The summed E-state index contributed by atoms with van der Waals surface area (Å²) in [6.45, 7) is 9.14. The van der Waals surface area contributed by atoms with Crippen molar-refractivity contribution in [2.24, 2.45) is 0 Å². The summed E-state index contributed by atoms with van der Waals surface area (Å²) in [4.78, 5) is 28.9. The van der Waals surface area contributed by atoms with Crippen LogP contribution in [-0.4, -0.2) is 47.9 Å². The lowest BCUT2D eigenvalue weighted by Crippen LogP contribution is -3.11. The van der Waals surface area contributed by atoms with Crippen molar-refractivity contribution in [2.45, 2.75) is 33.2 Å². The van der Waals surface area contributed by atoms with Crippen LogP contribution in [0.25, 0.3) is 0 Å². The number of halogens is 1. The van der Waals surface area contributed by atoms with Gasteiger partial charge in [-0.05, 0) is 50.6 Å². The van der Waals surface area contributed by atoms with E-state index in [0.717, 1.165) is 26.1 Å². The number of ketones is 1. The summed E-state index contributed by atoms with van der Waals surface area (Å²) in [5, 5.41) is 10.6. The molecule has 2 aromatic rings. The lowest BCUT2D eigenvalue weighted by molar-refractivity contribution is -0.896. The second kappa shape index (κ2) is 9.26. The van der Waals surface area contributed by atoms with E-state index >= 15 is 0 Å². The zero-order valence-electron chi connectivity index (χ0n) is 17.6. The van der Waals surface area contributed by atoms with Crippen LogP contribution in [0.1, 0.15) is 48.2 Å². The van der Waals surface area contributed by atoms with Gasteiger partial charge in [-0.3, -0.25) is 9.59 Å². The number of carbonyl (C=O) groups excluding carboxylic acids is 2. The Morgan fingerprint density at radius 3 is 2.40 bits per heavy atom. The first kappa shape index (κ1) is 21.8. The molecule has 1 aromatic heterocycles. The van der Waals surface area contributed by atoms with Gasteiger partial charge in [-0.15, -0.1) is 0 Å². The predicted octanol–water partition coefficient (Wildman–Crippen LogP) is 2.62. The number of carbonyl (C=O) groups is 2. The number of aryl methyl sites for hydroxylation is 1. The summed E-state index contributed by atoms with van der Waals surface area (Å²) < 4.78 is 18.9. The molecule has 0 aliphatic carbocycles. The van der Waals surface area contributed by atoms with Crippen LogP contribution in [0.15, 0.2) is 52.1 Å². The normalized spacial score (nSPS) is 16.8. The molecule has 0 bridgehead atoms. The molecule has 160 valence electrons. The molecule has 2 heterocycles. The van der Waals surface area contributed by atoms with E-state index in [0.29, 0.717) is 17.9 Å². The van der Waals surface area contributed by atoms with Gasteiger partial charge in [0.05, 0.1) is 31.2 Å². The van der Waals surface area contributed by atoms with Crippen LogP contribution in [0.5, 0.6) is 0 Å². The Bertz CT molecular complexity index is 944. The average molecular weight is 415 g/mol. The number of Topliss-reactive ketones (excluding diaryl/α,β-unsaturated/α-hetero) is 1. The van der Waals surface area contributed by atoms with Crippen molar-refractivity contribution in [3.8, 4) is 0 Å². The minimum absolute atomic E-state index is 0.0313. The Hall–Kier alpha value is -2.93. The van der Waals surface area contributed by atoms with Gasteiger partial charge in [0.2, 0.25) is 5.78 Å². The van der Waals surface area contributed by atoms with Crippen molar-refractivity contribution in [1.82, 2.24) is 4.90 Å². The van der Waals surface area contributed by atoms with Crippen LogP contribution in [0.2, 0.25) is 0 Å². The van der Waals surface area contributed by atoms with Crippen molar-refractivity contribution >= 4 is 11.7 Å². The Morgan fingerprint density at radius 2 is 1.83 bits per heavy atom. The molecule has 1 aromatic carbocycles. The van der Waals surface area contributed by atoms with E-state index in [1.165, 1.54) is 40.1 Å². The van der Waals surface area contributed by atoms with Gasteiger partial charge in [-0.2, -0.15) is 0 Å². The summed E-state index contributed by atoms with van der Waals surface area (Å²) in [7, 11) is 0. The summed E-state index contributed by atoms with van der Waals surface area (Å²) in [5.41, 5.74) is 0.534. The highest BCUT2D eigenvalue weighted by atomic mass is 19.1. The van der Waals surface area contributed by atoms with Crippen molar-refractivity contribution in [2.75, 3.05) is 26.2 Å². The van der Waals surface area contributed by atoms with E-state index in [4.69, 9.17) is 4.42 Å². The number of hydrogen-bond acceptors (Lipinski definition) is 4.